The lowest BCUT2D eigenvalue weighted by Gasteiger charge is -2.09. The van der Waals surface area contributed by atoms with Gasteiger partial charge in [0.2, 0.25) is 0 Å². The molecular formula is C18H15ClFN5O2S. The third kappa shape index (κ3) is 4.62. The number of benzene rings is 2. The van der Waals surface area contributed by atoms with Crippen LogP contribution < -0.4 is 10.6 Å². The van der Waals surface area contributed by atoms with Gasteiger partial charge in [0.25, 0.3) is 5.69 Å². The molecule has 28 heavy (non-hydrogen) atoms. The van der Waals surface area contributed by atoms with Gasteiger partial charge in [-0.3, -0.25) is 14.8 Å². The van der Waals surface area contributed by atoms with Crippen LogP contribution in [0.2, 0.25) is 5.02 Å². The summed E-state index contributed by atoms with van der Waals surface area (Å²) in [5, 5.41) is 21.5. The second-order valence-electron chi connectivity index (χ2n) is 5.91. The molecule has 3 aromatic rings. The van der Waals surface area contributed by atoms with Crippen LogP contribution in [-0.2, 0) is 6.54 Å². The summed E-state index contributed by atoms with van der Waals surface area (Å²) in [7, 11) is 0. The topological polar surface area (TPSA) is 85.0 Å². The minimum absolute atomic E-state index is 0.00870. The summed E-state index contributed by atoms with van der Waals surface area (Å²) < 4.78 is 15.6. The van der Waals surface area contributed by atoms with Crippen LogP contribution >= 0.6 is 23.8 Å². The highest BCUT2D eigenvalue weighted by Crippen LogP contribution is 2.21. The Morgan fingerprint density at radius 1 is 1.29 bits per heavy atom. The molecule has 7 nitrogen and oxygen atoms in total. The largest absolute Gasteiger partial charge is 0.332 e. The Kier molecular flexibility index (Phi) is 5.86. The standard InChI is InChI=1S/C18H15ClFN5O2S/c1-11-9-17(23-24(11)10-14-15(19)3-2-4-16(14)20)22-18(28)21-12-5-7-13(8-6-12)25(26)27/h2-9H,10H2,1H3,(H2,21,22,23,28). The maximum absolute atomic E-state index is 14.0. The molecule has 0 fully saturated rings. The second-order valence-corrected chi connectivity index (χ2v) is 6.73. The Bertz CT molecular complexity index is 1020. The minimum Gasteiger partial charge on any atom is -0.332 e. The van der Waals surface area contributed by atoms with Gasteiger partial charge in [-0.1, -0.05) is 17.7 Å². The van der Waals surface area contributed by atoms with Crippen molar-refractivity contribution in [2.45, 2.75) is 13.5 Å². The van der Waals surface area contributed by atoms with Gasteiger partial charge in [-0.05, 0) is 43.4 Å². The fourth-order valence-electron chi connectivity index (χ4n) is 2.51. The van der Waals surface area contributed by atoms with Crippen molar-refractivity contribution in [1.29, 1.82) is 0 Å². The van der Waals surface area contributed by atoms with E-state index in [0.29, 0.717) is 22.1 Å². The van der Waals surface area contributed by atoms with Crippen molar-refractivity contribution in [3.05, 3.63) is 80.7 Å². The molecule has 1 heterocycles. The molecule has 0 radical (unpaired) electrons. The van der Waals surface area contributed by atoms with Crippen molar-refractivity contribution in [2.75, 3.05) is 10.6 Å². The predicted octanol–water partition coefficient (Wildman–Crippen LogP) is 4.75. The first-order valence-electron chi connectivity index (χ1n) is 8.13. The lowest BCUT2D eigenvalue weighted by molar-refractivity contribution is -0.384. The smallest absolute Gasteiger partial charge is 0.269 e. The van der Waals surface area contributed by atoms with E-state index in [2.05, 4.69) is 15.7 Å². The molecule has 0 saturated heterocycles. The van der Waals surface area contributed by atoms with Crippen LogP contribution in [0.1, 0.15) is 11.3 Å². The molecule has 0 amide bonds. The van der Waals surface area contributed by atoms with Crippen LogP contribution in [0.5, 0.6) is 0 Å². The number of hydrogen-bond acceptors (Lipinski definition) is 4. The molecule has 0 aliphatic rings. The molecule has 144 valence electrons. The highest BCUT2D eigenvalue weighted by Gasteiger charge is 2.12. The molecule has 0 atom stereocenters. The second kappa shape index (κ2) is 8.32. The molecule has 2 N–H and O–H groups in total. The maximum Gasteiger partial charge on any atom is 0.269 e. The van der Waals surface area contributed by atoms with Crippen LogP contribution in [0.3, 0.4) is 0 Å². The Hall–Kier alpha value is -3.04. The van der Waals surface area contributed by atoms with Crippen LogP contribution in [0.4, 0.5) is 21.6 Å². The van der Waals surface area contributed by atoms with E-state index in [-0.39, 0.29) is 17.3 Å². The van der Waals surface area contributed by atoms with Crippen molar-refractivity contribution in [3.63, 3.8) is 0 Å². The summed E-state index contributed by atoms with van der Waals surface area (Å²) in [5.74, 6) is 0.0802. The number of aryl methyl sites for hydroxylation is 1. The first kappa shape index (κ1) is 19.7. The summed E-state index contributed by atoms with van der Waals surface area (Å²) in [4.78, 5) is 10.2. The SMILES string of the molecule is Cc1cc(NC(=S)Nc2ccc([N+](=O)[O-])cc2)nn1Cc1c(F)cccc1Cl. The third-order valence-electron chi connectivity index (χ3n) is 3.93. The summed E-state index contributed by atoms with van der Waals surface area (Å²) in [6, 6.07) is 12.1. The predicted molar refractivity (Wildman–Crippen MR) is 110 cm³/mol. The fraction of sp³-hybridized carbons (Fsp3) is 0.111. The van der Waals surface area contributed by atoms with E-state index in [0.717, 1.165) is 5.69 Å². The molecule has 0 bridgehead atoms. The number of anilines is 2. The number of nitro benzene ring substituents is 1. The van der Waals surface area contributed by atoms with E-state index in [4.69, 9.17) is 23.8 Å². The Labute approximate surface area is 170 Å². The first-order chi connectivity index (χ1) is 13.3. The van der Waals surface area contributed by atoms with Gasteiger partial charge >= 0.3 is 0 Å². The first-order valence-corrected chi connectivity index (χ1v) is 8.92. The summed E-state index contributed by atoms with van der Waals surface area (Å²) in [6.07, 6.45) is 0. The van der Waals surface area contributed by atoms with E-state index in [1.165, 1.54) is 18.2 Å². The quantitative estimate of drug-likeness (QED) is 0.352. The van der Waals surface area contributed by atoms with E-state index in [9.17, 15) is 14.5 Å². The number of aromatic nitrogens is 2. The van der Waals surface area contributed by atoms with Crippen molar-refractivity contribution >= 4 is 46.1 Å². The Balaban J connectivity index is 1.67. The lowest BCUT2D eigenvalue weighted by atomic mass is 10.2. The number of nitrogens with one attached hydrogen (secondary N) is 2. The molecule has 2 aromatic carbocycles. The average Bonchev–Trinajstić information content (AvgIpc) is 2.97. The molecule has 0 aliphatic carbocycles. The Morgan fingerprint density at radius 2 is 2.00 bits per heavy atom. The summed E-state index contributed by atoms with van der Waals surface area (Å²) in [6.45, 7) is 2.02. The van der Waals surface area contributed by atoms with Gasteiger partial charge in [0.15, 0.2) is 10.9 Å². The molecule has 3 rings (SSSR count). The number of nitrogens with zero attached hydrogens (tertiary/aromatic N) is 3. The highest BCUT2D eigenvalue weighted by atomic mass is 35.5. The van der Waals surface area contributed by atoms with Gasteiger partial charge in [0, 0.05) is 40.2 Å². The molecule has 0 unspecified atom stereocenters. The average molecular weight is 420 g/mol. The van der Waals surface area contributed by atoms with E-state index in [1.807, 2.05) is 6.92 Å². The van der Waals surface area contributed by atoms with E-state index < -0.39 is 10.7 Å². The number of thiocarbonyl (C=S) groups is 1. The van der Waals surface area contributed by atoms with Crippen molar-refractivity contribution in [2.24, 2.45) is 0 Å². The van der Waals surface area contributed by atoms with E-state index in [1.54, 1.807) is 35.0 Å². The van der Waals surface area contributed by atoms with E-state index >= 15 is 0 Å². The van der Waals surface area contributed by atoms with Gasteiger partial charge in [-0.15, -0.1) is 0 Å². The highest BCUT2D eigenvalue weighted by molar-refractivity contribution is 7.80. The number of nitro groups is 1. The van der Waals surface area contributed by atoms with Crippen LogP contribution in [0.25, 0.3) is 0 Å². The normalized spacial score (nSPS) is 10.5. The Morgan fingerprint density at radius 3 is 2.64 bits per heavy atom. The minimum atomic E-state index is -0.475. The van der Waals surface area contributed by atoms with Gasteiger partial charge in [-0.25, -0.2) is 4.39 Å². The fourth-order valence-corrected chi connectivity index (χ4v) is 2.95. The van der Waals surface area contributed by atoms with Gasteiger partial charge in [0.1, 0.15) is 5.82 Å². The molecular weight excluding hydrogens is 405 g/mol. The van der Waals surface area contributed by atoms with Gasteiger partial charge < -0.3 is 10.6 Å². The van der Waals surface area contributed by atoms with Crippen molar-refractivity contribution < 1.29 is 9.31 Å². The molecule has 0 spiro atoms. The van der Waals surface area contributed by atoms with Crippen LogP contribution in [0.15, 0.2) is 48.5 Å². The number of rotatable bonds is 5. The van der Waals surface area contributed by atoms with Crippen molar-refractivity contribution in [1.82, 2.24) is 9.78 Å². The lowest BCUT2D eigenvalue weighted by Crippen LogP contribution is -2.19. The zero-order chi connectivity index (χ0) is 20.3. The van der Waals surface area contributed by atoms with Crippen LogP contribution in [0, 0.1) is 22.9 Å². The number of non-ortho nitro benzene ring substituents is 1. The zero-order valence-corrected chi connectivity index (χ0v) is 16.2. The van der Waals surface area contributed by atoms with Gasteiger partial charge in [0.05, 0.1) is 11.5 Å². The summed E-state index contributed by atoms with van der Waals surface area (Å²) in [5.41, 5.74) is 1.73. The van der Waals surface area contributed by atoms with Crippen molar-refractivity contribution in [3.8, 4) is 0 Å². The maximum atomic E-state index is 14.0. The van der Waals surface area contributed by atoms with Crippen LogP contribution in [-0.4, -0.2) is 19.8 Å². The molecule has 0 aliphatic heterocycles. The number of hydrogen-bond donors (Lipinski definition) is 2. The summed E-state index contributed by atoms with van der Waals surface area (Å²) >= 11 is 11.3. The number of halogens is 2. The zero-order valence-electron chi connectivity index (χ0n) is 14.6. The van der Waals surface area contributed by atoms with Gasteiger partial charge in [-0.2, -0.15) is 5.10 Å². The molecule has 0 saturated carbocycles. The monoisotopic (exact) mass is 419 g/mol. The molecule has 1 aromatic heterocycles. The third-order valence-corrected chi connectivity index (χ3v) is 4.49. The molecule has 10 heteroatoms.